The second-order valence-electron chi connectivity index (χ2n) is 4.46. The second kappa shape index (κ2) is 6.96. The van der Waals surface area contributed by atoms with E-state index in [0.717, 1.165) is 5.69 Å². The first-order chi connectivity index (χ1) is 8.58. The predicted molar refractivity (Wildman–Crippen MR) is 71.8 cm³/mol. The van der Waals surface area contributed by atoms with Crippen LogP contribution in [0.25, 0.3) is 0 Å². The van der Waals surface area contributed by atoms with E-state index in [2.05, 4.69) is 29.5 Å². The molecule has 1 aromatic rings. The fraction of sp³-hybridized carbons (Fsp3) is 0.538. The number of carbonyl (C=O) groups excluding carboxylic acids is 1. The number of rotatable bonds is 6. The third-order valence-corrected chi connectivity index (χ3v) is 2.72. The van der Waals surface area contributed by atoms with Crippen LogP contribution in [0.15, 0.2) is 18.3 Å². The lowest BCUT2D eigenvalue weighted by Crippen LogP contribution is -2.30. The molecule has 2 N–H and O–H groups in total. The molecule has 0 aromatic carbocycles. The summed E-state index contributed by atoms with van der Waals surface area (Å²) in [7, 11) is 3.27. The molecule has 1 aromatic heterocycles. The highest BCUT2D eigenvalue weighted by Gasteiger charge is 2.13. The number of nitrogens with one attached hydrogen (secondary N) is 2. The average Bonchev–Trinajstić information content (AvgIpc) is 2.37. The van der Waals surface area contributed by atoms with Crippen molar-refractivity contribution < 1.29 is 9.53 Å². The molecule has 1 heterocycles. The maximum atomic E-state index is 11.5. The molecule has 18 heavy (non-hydrogen) atoms. The number of nitrogens with zero attached hydrogens (tertiary/aromatic N) is 1. The topological polar surface area (TPSA) is 63.2 Å². The number of aromatic nitrogens is 1. The van der Waals surface area contributed by atoms with Crippen molar-refractivity contribution in [2.75, 3.05) is 26.1 Å². The van der Waals surface area contributed by atoms with Crippen LogP contribution in [0.3, 0.4) is 0 Å². The summed E-state index contributed by atoms with van der Waals surface area (Å²) in [5, 5.41) is 5.91. The van der Waals surface area contributed by atoms with E-state index in [9.17, 15) is 4.79 Å². The van der Waals surface area contributed by atoms with Gasteiger partial charge in [0, 0.05) is 26.0 Å². The summed E-state index contributed by atoms with van der Waals surface area (Å²) < 4.78 is 5.18. The molecular formula is C13H21N3O2. The van der Waals surface area contributed by atoms with Gasteiger partial charge in [-0.3, -0.25) is 9.78 Å². The van der Waals surface area contributed by atoms with Crippen LogP contribution in [-0.4, -0.2) is 37.7 Å². The minimum Gasteiger partial charge on any atom is -0.383 e. The summed E-state index contributed by atoms with van der Waals surface area (Å²) in [5.41, 5.74) is 1.28. The van der Waals surface area contributed by atoms with Gasteiger partial charge in [-0.15, -0.1) is 0 Å². The molecule has 1 atom stereocenters. The number of carbonyl (C=O) groups is 1. The Kier molecular flexibility index (Phi) is 5.58. The molecule has 0 fully saturated rings. The van der Waals surface area contributed by atoms with Gasteiger partial charge < -0.3 is 15.4 Å². The normalized spacial score (nSPS) is 12.3. The van der Waals surface area contributed by atoms with E-state index in [1.165, 1.54) is 0 Å². The van der Waals surface area contributed by atoms with Crippen LogP contribution >= 0.6 is 0 Å². The lowest BCUT2D eigenvalue weighted by molar-refractivity contribution is 0.0958. The van der Waals surface area contributed by atoms with E-state index in [4.69, 9.17) is 4.74 Å². The molecule has 0 aliphatic rings. The third-order valence-electron chi connectivity index (χ3n) is 2.72. The monoisotopic (exact) mass is 251 g/mol. The zero-order valence-electron chi connectivity index (χ0n) is 11.4. The van der Waals surface area contributed by atoms with Crippen LogP contribution in [0, 0.1) is 5.92 Å². The van der Waals surface area contributed by atoms with E-state index in [1.807, 2.05) is 6.07 Å². The maximum Gasteiger partial charge on any atom is 0.269 e. The fourth-order valence-corrected chi connectivity index (χ4v) is 1.57. The van der Waals surface area contributed by atoms with Crippen molar-refractivity contribution in [2.24, 2.45) is 5.92 Å². The Morgan fingerprint density at radius 2 is 2.22 bits per heavy atom. The van der Waals surface area contributed by atoms with Crippen molar-refractivity contribution in [1.29, 1.82) is 0 Å². The first-order valence-corrected chi connectivity index (χ1v) is 6.02. The van der Waals surface area contributed by atoms with Crippen molar-refractivity contribution in [2.45, 2.75) is 19.9 Å². The van der Waals surface area contributed by atoms with Crippen molar-refractivity contribution >= 4 is 11.6 Å². The van der Waals surface area contributed by atoms with Gasteiger partial charge in [0.15, 0.2) is 0 Å². The van der Waals surface area contributed by atoms with Crippen molar-refractivity contribution in [1.82, 2.24) is 10.3 Å². The first kappa shape index (κ1) is 14.4. The number of hydrogen-bond acceptors (Lipinski definition) is 4. The standard InChI is InChI=1S/C13H21N3O2/c1-9(2)12(8-18-4)16-10-5-6-15-11(7-10)13(17)14-3/h5-7,9,12H,8H2,1-4H3,(H,14,17)(H,15,16). The first-order valence-electron chi connectivity index (χ1n) is 6.02. The van der Waals surface area contributed by atoms with Crippen LogP contribution in [0.4, 0.5) is 5.69 Å². The molecule has 1 amide bonds. The Hall–Kier alpha value is -1.62. The summed E-state index contributed by atoms with van der Waals surface area (Å²) in [6.45, 7) is 4.87. The summed E-state index contributed by atoms with van der Waals surface area (Å²) in [6, 6.07) is 3.79. The zero-order valence-corrected chi connectivity index (χ0v) is 11.4. The zero-order chi connectivity index (χ0) is 13.5. The van der Waals surface area contributed by atoms with Gasteiger partial charge >= 0.3 is 0 Å². The van der Waals surface area contributed by atoms with Gasteiger partial charge in [0.2, 0.25) is 0 Å². The molecule has 0 aliphatic carbocycles. The molecule has 0 aliphatic heterocycles. The van der Waals surface area contributed by atoms with Crippen LogP contribution in [0.1, 0.15) is 24.3 Å². The molecule has 0 spiro atoms. The Morgan fingerprint density at radius 1 is 1.50 bits per heavy atom. The molecule has 1 unspecified atom stereocenters. The molecule has 100 valence electrons. The number of amides is 1. The lowest BCUT2D eigenvalue weighted by atomic mass is 10.1. The SMILES string of the molecule is CNC(=O)c1cc(NC(COC)C(C)C)ccn1. The van der Waals surface area contributed by atoms with Gasteiger partial charge in [-0.05, 0) is 18.1 Å². The number of pyridine rings is 1. The number of anilines is 1. The van der Waals surface area contributed by atoms with Crippen LogP contribution in [-0.2, 0) is 4.74 Å². The Bertz CT molecular complexity index is 394. The number of hydrogen-bond donors (Lipinski definition) is 2. The molecule has 0 saturated carbocycles. The van der Waals surface area contributed by atoms with Crippen LogP contribution < -0.4 is 10.6 Å². The van der Waals surface area contributed by atoms with Crippen molar-refractivity contribution in [3.05, 3.63) is 24.0 Å². The third kappa shape index (κ3) is 4.00. The Morgan fingerprint density at radius 3 is 2.78 bits per heavy atom. The molecule has 5 nitrogen and oxygen atoms in total. The molecule has 0 saturated heterocycles. The summed E-state index contributed by atoms with van der Waals surface area (Å²) in [5.74, 6) is 0.244. The smallest absolute Gasteiger partial charge is 0.269 e. The number of methoxy groups -OCH3 is 1. The molecule has 0 bridgehead atoms. The Balaban J connectivity index is 2.80. The van der Waals surface area contributed by atoms with Gasteiger partial charge in [0.05, 0.1) is 12.6 Å². The Labute approximate surface area is 108 Å². The van der Waals surface area contributed by atoms with E-state index >= 15 is 0 Å². The van der Waals surface area contributed by atoms with E-state index < -0.39 is 0 Å². The summed E-state index contributed by atoms with van der Waals surface area (Å²) in [4.78, 5) is 15.5. The van der Waals surface area contributed by atoms with Crippen molar-refractivity contribution in [3.63, 3.8) is 0 Å². The molecule has 1 rings (SSSR count). The number of ether oxygens (including phenoxy) is 1. The molecule has 0 radical (unpaired) electrons. The van der Waals surface area contributed by atoms with Gasteiger partial charge in [0.1, 0.15) is 5.69 Å². The lowest BCUT2D eigenvalue weighted by Gasteiger charge is -2.22. The maximum absolute atomic E-state index is 11.5. The van der Waals surface area contributed by atoms with E-state index in [0.29, 0.717) is 18.2 Å². The van der Waals surface area contributed by atoms with Crippen LogP contribution in [0.5, 0.6) is 0 Å². The highest BCUT2D eigenvalue weighted by Crippen LogP contribution is 2.13. The van der Waals surface area contributed by atoms with Gasteiger partial charge in [-0.1, -0.05) is 13.8 Å². The van der Waals surface area contributed by atoms with E-state index in [1.54, 1.807) is 26.4 Å². The van der Waals surface area contributed by atoms with Crippen molar-refractivity contribution in [3.8, 4) is 0 Å². The average molecular weight is 251 g/mol. The largest absolute Gasteiger partial charge is 0.383 e. The highest BCUT2D eigenvalue weighted by atomic mass is 16.5. The van der Waals surface area contributed by atoms with Gasteiger partial charge in [-0.25, -0.2) is 0 Å². The van der Waals surface area contributed by atoms with Crippen LogP contribution in [0.2, 0.25) is 0 Å². The minimum absolute atomic E-state index is 0.188. The van der Waals surface area contributed by atoms with E-state index in [-0.39, 0.29) is 11.9 Å². The molecular weight excluding hydrogens is 230 g/mol. The van der Waals surface area contributed by atoms with Gasteiger partial charge in [0.25, 0.3) is 5.91 Å². The summed E-state index contributed by atoms with van der Waals surface area (Å²) >= 11 is 0. The highest BCUT2D eigenvalue weighted by molar-refractivity contribution is 5.92. The molecule has 5 heteroatoms. The van der Waals surface area contributed by atoms with Gasteiger partial charge in [-0.2, -0.15) is 0 Å². The summed E-state index contributed by atoms with van der Waals surface area (Å²) in [6.07, 6.45) is 1.62. The predicted octanol–water partition coefficient (Wildman–Crippen LogP) is 1.52. The quantitative estimate of drug-likeness (QED) is 0.804. The second-order valence-corrected chi connectivity index (χ2v) is 4.46. The minimum atomic E-state index is -0.188. The fourth-order valence-electron chi connectivity index (χ4n) is 1.57.